The molecule has 1 heterocycles. The molecule has 3 aliphatic rings. The zero-order valence-corrected chi connectivity index (χ0v) is 10.3. The predicted octanol–water partition coefficient (Wildman–Crippen LogP) is 3.86. The first-order chi connectivity index (χ1) is 6.61. The monoisotopic (exact) mass is 271 g/mol. The summed E-state index contributed by atoms with van der Waals surface area (Å²) >= 11 is 9.68. The molecule has 14 heavy (non-hydrogen) atoms. The summed E-state index contributed by atoms with van der Waals surface area (Å²) in [5.74, 6) is 0.969. The van der Waals surface area contributed by atoms with Gasteiger partial charge in [-0.2, -0.15) is 0 Å². The molecular formula is C11H11BrClN. The molecule has 1 aromatic rings. The lowest BCUT2D eigenvalue weighted by atomic mass is 9.43. The summed E-state index contributed by atoms with van der Waals surface area (Å²) in [5.41, 5.74) is 2.56. The Bertz CT molecular complexity index is 399. The quantitative estimate of drug-likeness (QED) is 0.756. The topological polar surface area (TPSA) is 12.9 Å². The lowest BCUT2D eigenvalue weighted by Gasteiger charge is -2.61. The minimum absolute atomic E-state index is 0.368. The van der Waals surface area contributed by atoms with Gasteiger partial charge in [-0.25, -0.2) is 0 Å². The number of pyridine rings is 1. The van der Waals surface area contributed by atoms with Crippen LogP contribution in [0.3, 0.4) is 0 Å². The van der Waals surface area contributed by atoms with E-state index in [1.807, 2.05) is 13.0 Å². The zero-order valence-electron chi connectivity index (χ0n) is 7.98. The van der Waals surface area contributed by atoms with Gasteiger partial charge in [0.2, 0.25) is 0 Å². The third-order valence-electron chi connectivity index (χ3n) is 3.65. The van der Waals surface area contributed by atoms with Gasteiger partial charge in [0.1, 0.15) is 0 Å². The summed E-state index contributed by atoms with van der Waals surface area (Å²) in [6.07, 6.45) is 3.92. The summed E-state index contributed by atoms with van der Waals surface area (Å²) in [5, 5.41) is 0.834. The number of halogens is 2. The fraction of sp³-hybridized carbons (Fsp3) is 0.545. The van der Waals surface area contributed by atoms with Gasteiger partial charge in [-0.1, -0.05) is 11.6 Å². The van der Waals surface area contributed by atoms with E-state index in [9.17, 15) is 0 Å². The van der Waals surface area contributed by atoms with Crippen LogP contribution in [0.4, 0.5) is 0 Å². The molecule has 2 bridgehead atoms. The van der Waals surface area contributed by atoms with E-state index in [-0.39, 0.29) is 0 Å². The van der Waals surface area contributed by atoms with Crippen molar-refractivity contribution in [1.29, 1.82) is 0 Å². The van der Waals surface area contributed by atoms with Crippen molar-refractivity contribution in [3.8, 4) is 0 Å². The summed E-state index contributed by atoms with van der Waals surface area (Å²) in [6.45, 7) is 2.02. The molecule has 0 amide bonds. The molecule has 0 N–H and O–H groups in total. The average Bonchev–Trinajstić information content (AvgIpc) is 1.94. The Hall–Kier alpha value is -0.0800. The molecule has 0 saturated heterocycles. The lowest BCUT2D eigenvalue weighted by molar-refractivity contribution is -0.0308. The second-order valence-electron chi connectivity index (χ2n) is 4.64. The summed E-state index contributed by atoms with van der Waals surface area (Å²) < 4.78 is 1.01. The normalized spacial score (nSPS) is 33.5. The van der Waals surface area contributed by atoms with Crippen molar-refractivity contribution in [2.45, 2.75) is 31.6 Å². The maximum absolute atomic E-state index is 6.23. The molecule has 74 valence electrons. The molecule has 3 heteroatoms. The largest absolute Gasteiger partial charge is 0.255 e. The van der Waals surface area contributed by atoms with Gasteiger partial charge < -0.3 is 0 Å². The van der Waals surface area contributed by atoms with E-state index >= 15 is 0 Å². The molecule has 3 fully saturated rings. The Labute approximate surface area is 97.0 Å². The molecule has 1 nitrogen and oxygen atoms in total. The Morgan fingerprint density at radius 3 is 2.64 bits per heavy atom. The smallest absolute Gasteiger partial charge is 0.0655 e. The highest BCUT2D eigenvalue weighted by Crippen LogP contribution is 2.65. The van der Waals surface area contributed by atoms with Crippen molar-refractivity contribution >= 4 is 27.5 Å². The average molecular weight is 273 g/mol. The third-order valence-corrected chi connectivity index (χ3v) is 4.74. The van der Waals surface area contributed by atoms with E-state index in [0.717, 1.165) is 26.8 Å². The van der Waals surface area contributed by atoms with Crippen LogP contribution in [0, 0.1) is 12.8 Å². The predicted molar refractivity (Wildman–Crippen MR) is 60.7 cm³/mol. The molecule has 4 rings (SSSR count). The van der Waals surface area contributed by atoms with Crippen molar-refractivity contribution in [2.24, 2.45) is 5.92 Å². The zero-order chi connectivity index (χ0) is 9.92. The molecule has 0 radical (unpaired) electrons. The van der Waals surface area contributed by atoms with Crippen LogP contribution in [-0.4, -0.2) is 4.98 Å². The standard InChI is InChI=1S/C11H11BrClN/c1-6-8(12)2-9(13)10(14-6)11-3-7(4-11)5-11/h2,7H,3-5H2,1H3. The van der Waals surface area contributed by atoms with E-state index in [4.69, 9.17) is 11.6 Å². The highest BCUT2D eigenvalue weighted by Gasteiger charge is 2.59. The first-order valence-electron chi connectivity index (χ1n) is 4.94. The van der Waals surface area contributed by atoms with Crippen molar-refractivity contribution < 1.29 is 0 Å². The fourth-order valence-electron chi connectivity index (χ4n) is 2.70. The van der Waals surface area contributed by atoms with E-state index in [0.29, 0.717) is 5.41 Å². The first-order valence-corrected chi connectivity index (χ1v) is 6.11. The number of nitrogens with zero attached hydrogens (tertiary/aromatic N) is 1. The maximum Gasteiger partial charge on any atom is 0.0655 e. The summed E-state index contributed by atoms with van der Waals surface area (Å²) in [7, 11) is 0. The molecular weight excluding hydrogens is 261 g/mol. The lowest BCUT2D eigenvalue weighted by Crippen LogP contribution is -2.55. The van der Waals surface area contributed by atoms with Crippen LogP contribution in [-0.2, 0) is 5.41 Å². The number of hydrogen-bond acceptors (Lipinski definition) is 1. The third kappa shape index (κ3) is 1.04. The number of aryl methyl sites for hydroxylation is 1. The van der Waals surface area contributed by atoms with Crippen LogP contribution in [0.1, 0.15) is 30.7 Å². The molecule has 0 aromatic carbocycles. The van der Waals surface area contributed by atoms with E-state index in [2.05, 4.69) is 20.9 Å². The molecule has 0 unspecified atom stereocenters. The summed E-state index contributed by atoms with van der Waals surface area (Å²) in [4.78, 5) is 4.63. The van der Waals surface area contributed by atoms with Crippen molar-refractivity contribution in [3.63, 3.8) is 0 Å². The van der Waals surface area contributed by atoms with Crippen molar-refractivity contribution in [1.82, 2.24) is 4.98 Å². The Balaban J connectivity index is 2.09. The first kappa shape index (κ1) is 9.17. The molecule has 1 aromatic heterocycles. The Morgan fingerprint density at radius 1 is 1.50 bits per heavy atom. The molecule has 3 aliphatic carbocycles. The van der Waals surface area contributed by atoms with Gasteiger partial charge in [0.05, 0.1) is 16.4 Å². The van der Waals surface area contributed by atoms with Crippen LogP contribution in [0.5, 0.6) is 0 Å². The highest BCUT2D eigenvalue weighted by molar-refractivity contribution is 9.10. The van der Waals surface area contributed by atoms with Crippen LogP contribution < -0.4 is 0 Å². The van der Waals surface area contributed by atoms with Gasteiger partial charge in [-0.15, -0.1) is 0 Å². The maximum atomic E-state index is 6.23. The highest BCUT2D eigenvalue weighted by atomic mass is 79.9. The van der Waals surface area contributed by atoms with Gasteiger partial charge in [-0.3, -0.25) is 4.98 Å². The van der Waals surface area contributed by atoms with Crippen molar-refractivity contribution in [3.05, 3.63) is 26.9 Å². The van der Waals surface area contributed by atoms with Crippen LogP contribution in [0.2, 0.25) is 5.02 Å². The fourth-order valence-corrected chi connectivity index (χ4v) is 3.50. The SMILES string of the molecule is Cc1nc(C23CC(C2)C3)c(Cl)cc1Br. The Kier molecular flexibility index (Phi) is 1.79. The molecule has 0 aliphatic heterocycles. The van der Waals surface area contributed by atoms with Crippen LogP contribution in [0.15, 0.2) is 10.5 Å². The van der Waals surface area contributed by atoms with Gasteiger partial charge in [0, 0.05) is 9.89 Å². The molecule has 0 spiro atoms. The van der Waals surface area contributed by atoms with Gasteiger partial charge in [0.25, 0.3) is 0 Å². The number of hydrogen-bond donors (Lipinski definition) is 0. The van der Waals surface area contributed by atoms with E-state index in [1.54, 1.807) is 0 Å². The number of rotatable bonds is 1. The van der Waals surface area contributed by atoms with Crippen LogP contribution in [0.25, 0.3) is 0 Å². The summed E-state index contributed by atoms with van der Waals surface area (Å²) in [6, 6.07) is 1.99. The minimum Gasteiger partial charge on any atom is -0.255 e. The molecule has 3 saturated carbocycles. The second-order valence-corrected chi connectivity index (χ2v) is 5.91. The minimum atomic E-state index is 0.368. The van der Waals surface area contributed by atoms with Gasteiger partial charge >= 0.3 is 0 Å². The van der Waals surface area contributed by atoms with Gasteiger partial charge in [-0.05, 0) is 54.1 Å². The van der Waals surface area contributed by atoms with Crippen molar-refractivity contribution in [2.75, 3.05) is 0 Å². The number of aromatic nitrogens is 1. The van der Waals surface area contributed by atoms with Crippen LogP contribution >= 0.6 is 27.5 Å². The van der Waals surface area contributed by atoms with Gasteiger partial charge in [0.15, 0.2) is 0 Å². The van der Waals surface area contributed by atoms with E-state index in [1.165, 1.54) is 19.3 Å². The molecule has 0 atom stereocenters. The van der Waals surface area contributed by atoms with E-state index < -0.39 is 0 Å². The second kappa shape index (κ2) is 2.73. The Morgan fingerprint density at radius 2 is 2.14 bits per heavy atom.